The Morgan fingerprint density at radius 2 is 1.21 bits per heavy atom. The largest absolute Gasteiger partial charge is 0.490 e. The number of carboxylic acid groups (broad SMARTS) is 2. The number of aliphatic carboxylic acids is 2. The second-order valence-electron chi connectivity index (χ2n) is 13.5. The molecule has 58 heavy (non-hydrogen) atoms. The Labute approximate surface area is 330 Å². The lowest BCUT2D eigenvalue weighted by molar-refractivity contribution is -0.192. The van der Waals surface area contributed by atoms with Gasteiger partial charge in [0, 0.05) is 19.5 Å². The zero-order chi connectivity index (χ0) is 43.7. The van der Waals surface area contributed by atoms with Gasteiger partial charge in [-0.1, -0.05) is 60.7 Å². The maximum absolute atomic E-state index is 13.8. The molecule has 0 radical (unpaired) electrons. The van der Waals surface area contributed by atoms with Crippen LogP contribution in [0, 0.1) is 0 Å². The van der Waals surface area contributed by atoms with Gasteiger partial charge in [0.25, 0.3) is 0 Å². The Morgan fingerprint density at radius 3 is 1.66 bits per heavy atom. The third kappa shape index (κ3) is 16.3. The number of benzene rings is 2. The fourth-order valence-electron chi connectivity index (χ4n) is 5.93. The summed E-state index contributed by atoms with van der Waals surface area (Å²) in [5, 5.41) is 26.7. The molecule has 4 atom stereocenters. The first-order valence-electron chi connectivity index (χ1n) is 18.1. The van der Waals surface area contributed by atoms with E-state index in [0.717, 1.165) is 5.56 Å². The number of likely N-dealkylation sites (N-methyl/N-ethyl adjacent to an activating group) is 1. The van der Waals surface area contributed by atoms with Crippen molar-refractivity contribution in [3.63, 3.8) is 0 Å². The van der Waals surface area contributed by atoms with Crippen LogP contribution in [0.25, 0.3) is 0 Å². The highest BCUT2D eigenvalue weighted by Gasteiger charge is 2.43. The SMILES string of the molecule is CNC1(C(=O)O)CCN(C(=O)[C@@H](CCCCN)NC(=O)C(CC(F)(F)F)NC(=O)[C@@H](Cc2ccccc2)NC(=O)[C@H](N)Cc2ccccc2)CC1.O=C(O)C(F)(F)F. The zero-order valence-corrected chi connectivity index (χ0v) is 31.6. The number of unbranched alkanes of at least 4 members (excludes halogenated alkanes) is 1. The van der Waals surface area contributed by atoms with E-state index in [4.69, 9.17) is 21.4 Å². The third-order valence-electron chi connectivity index (χ3n) is 9.24. The first-order valence-corrected chi connectivity index (χ1v) is 18.1. The number of piperidine rings is 1. The molecule has 1 aliphatic rings. The van der Waals surface area contributed by atoms with E-state index >= 15 is 0 Å². The van der Waals surface area contributed by atoms with Gasteiger partial charge in [0.1, 0.15) is 23.7 Å². The van der Waals surface area contributed by atoms with Crippen LogP contribution in [-0.2, 0) is 41.6 Å². The van der Waals surface area contributed by atoms with Gasteiger partial charge in [-0.05, 0) is 63.2 Å². The van der Waals surface area contributed by atoms with Gasteiger partial charge in [-0.25, -0.2) is 4.79 Å². The Morgan fingerprint density at radius 1 is 0.741 bits per heavy atom. The first-order chi connectivity index (χ1) is 27.1. The van der Waals surface area contributed by atoms with E-state index < -0.39 is 84.0 Å². The molecule has 3 rings (SSSR count). The topological polar surface area (TPSA) is 246 Å². The number of hydrogen-bond acceptors (Lipinski definition) is 9. The molecule has 1 fully saturated rings. The molecule has 0 spiro atoms. The number of carbonyl (C=O) groups is 6. The number of rotatable bonds is 18. The van der Waals surface area contributed by atoms with Gasteiger partial charge in [-0.3, -0.25) is 24.0 Å². The molecular formula is C37H49F6N7O8. The average molecular weight is 834 g/mol. The Hall–Kier alpha value is -5.28. The van der Waals surface area contributed by atoms with Crippen molar-refractivity contribution in [2.75, 3.05) is 26.7 Å². The summed E-state index contributed by atoms with van der Waals surface area (Å²) in [7, 11) is 1.51. The van der Waals surface area contributed by atoms with Crippen molar-refractivity contribution >= 4 is 35.6 Å². The Balaban J connectivity index is 0.00000151. The smallest absolute Gasteiger partial charge is 0.480 e. The van der Waals surface area contributed by atoms with E-state index in [1.807, 2.05) is 0 Å². The number of likely N-dealkylation sites (tertiary alicyclic amines) is 1. The first kappa shape index (κ1) is 48.9. The van der Waals surface area contributed by atoms with Gasteiger partial charge >= 0.3 is 24.3 Å². The summed E-state index contributed by atoms with van der Waals surface area (Å²) in [5.41, 5.74) is 11.8. The van der Waals surface area contributed by atoms with Crippen LogP contribution in [0.15, 0.2) is 60.7 Å². The second kappa shape index (κ2) is 22.6. The average Bonchev–Trinajstić information content (AvgIpc) is 3.16. The minimum absolute atomic E-state index is 0.0330. The van der Waals surface area contributed by atoms with Gasteiger partial charge in [0.15, 0.2) is 0 Å². The fraction of sp³-hybridized carbons (Fsp3) is 0.514. The van der Waals surface area contributed by atoms with Crippen LogP contribution in [0.5, 0.6) is 0 Å². The van der Waals surface area contributed by atoms with Crippen molar-refractivity contribution in [1.29, 1.82) is 0 Å². The van der Waals surface area contributed by atoms with Gasteiger partial charge in [-0.2, -0.15) is 26.3 Å². The molecule has 1 unspecified atom stereocenters. The highest BCUT2D eigenvalue weighted by molar-refractivity contribution is 5.95. The van der Waals surface area contributed by atoms with Gasteiger partial charge in [-0.15, -0.1) is 0 Å². The zero-order valence-electron chi connectivity index (χ0n) is 31.6. The predicted octanol–water partition coefficient (Wildman–Crippen LogP) is 1.63. The minimum atomic E-state index is -5.08. The van der Waals surface area contributed by atoms with Crippen LogP contribution in [0.2, 0.25) is 0 Å². The van der Waals surface area contributed by atoms with E-state index in [2.05, 4.69) is 21.3 Å². The van der Waals surface area contributed by atoms with E-state index in [1.54, 1.807) is 60.7 Å². The van der Waals surface area contributed by atoms with Gasteiger partial charge < -0.3 is 47.8 Å². The second-order valence-corrected chi connectivity index (χ2v) is 13.5. The predicted molar refractivity (Wildman–Crippen MR) is 197 cm³/mol. The van der Waals surface area contributed by atoms with Gasteiger partial charge in [0.05, 0.1) is 12.5 Å². The monoisotopic (exact) mass is 833 g/mol. The molecule has 322 valence electrons. The summed E-state index contributed by atoms with van der Waals surface area (Å²) in [6.45, 7) is 0.342. The number of halogens is 6. The number of nitrogens with zero attached hydrogens (tertiary/aromatic N) is 1. The summed E-state index contributed by atoms with van der Waals surface area (Å²) in [4.78, 5) is 76.0. The number of carbonyl (C=O) groups excluding carboxylic acids is 4. The number of carboxylic acids is 2. The molecule has 0 bridgehead atoms. The molecule has 1 heterocycles. The Kier molecular flexibility index (Phi) is 19.0. The molecule has 0 aliphatic carbocycles. The fourth-order valence-corrected chi connectivity index (χ4v) is 5.93. The number of nitrogens with one attached hydrogen (secondary N) is 4. The van der Waals surface area contributed by atoms with E-state index in [1.165, 1.54) is 11.9 Å². The quantitative estimate of drug-likeness (QED) is 0.0793. The number of hydrogen-bond donors (Lipinski definition) is 8. The summed E-state index contributed by atoms with van der Waals surface area (Å²) in [6.07, 6.45) is -10.7. The van der Waals surface area contributed by atoms with Crippen LogP contribution in [0.4, 0.5) is 26.3 Å². The summed E-state index contributed by atoms with van der Waals surface area (Å²) in [5.74, 6) is -7.44. The lowest BCUT2D eigenvalue weighted by Gasteiger charge is -2.40. The van der Waals surface area contributed by atoms with E-state index in [9.17, 15) is 55.4 Å². The van der Waals surface area contributed by atoms with Crippen LogP contribution in [0.1, 0.15) is 49.7 Å². The molecule has 21 heteroatoms. The summed E-state index contributed by atoms with van der Waals surface area (Å²) in [6, 6.07) is 11.4. The summed E-state index contributed by atoms with van der Waals surface area (Å²) < 4.78 is 73.2. The van der Waals surface area contributed by atoms with Crippen molar-refractivity contribution in [2.24, 2.45) is 11.5 Å². The van der Waals surface area contributed by atoms with E-state index in [0.29, 0.717) is 18.4 Å². The molecule has 0 aromatic heterocycles. The highest BCUT2D eigenvalue weighted by Crippen LogP contribution is 2.25. The van der Waals surface area contributed by atoms with Crippen LogP contribution in [-0.4, -0.2) is 119 Å². The molecular weight excluding hydrogens is 784 g/mol. The van der Waals surface area contributed by atoms with E-state index in [-0.39, 0.29) is 51.7 Å². The van der Waals surface area contributed by atoms with Crippen molar-refractivity contribution in [3.8, 4) is 0 Å². The lowest BCUT2D eigenvalue weighted by Crippen LogP contribution is -2.61. The van der Waals surface area contributed by atoms with Crippen molar-refractivity contribution in [1.82, 2.24) is 26.2 Å². The normalized spacial score (nSPS) is 16.0. The molecule has 10 N–H and O–H groups in total. The number of alkyl halides is 6. The molecule has 2 aromatic rings. The van der Waals surface area contributed by atoms with Crippen molar-refractivity contribution in [2.45, 2.75) is 93.4 Å². The van der Waals surface area contributed by atoms with Crippen LogP contribution in [0.3, 0.4) is 0 Å². The standard InChI is InChI=1S/C35H48F3N7O6.C2HF3O2/c1-41-34(33(50)51)15-18-45(19-16-34)32(49)26(14-8-9-17-39)42-31(48)28(22-35(36,37)38)44-30(47)27(21-24-12-6-3-7-13-24)43-29(46)25(40)20-23-10-4-2-5-11-23;3-2(4,5)1(6)7/h2-7,10-13,25-28,41H,8-9,14-22,39-40H2,1H3,(H,42,48)(H,43,46)(H,44,47)(H,50,51);(H,6,7)/t25-,26-,27-,28?;/m1./s1. The van der Waals surface area contributed by atoms with Crippen LogP contribution >= 0.6 is 0 Å². The maximum Gasteiger partial charge on any atom is 0.490 e. The molecule has 0 saturated carbocycles. The Bertz CT molecular complexity index is 1660. The van der Waals surface area contributed by atoms with Gasteiger partial charge in [0.2, 0.25) is 23.6 Å². The van der Waals surface area contributed by atoms with Crippen molar-refractivity contribution < 1.29 is 65.3 Å². The molecule has 15 nitrogen and oxygen atoms in total. The number of nitrogens with two attached hydrogens (primary N) is 2. The molecule has 4 amide bonds. The minimum Gasteiger partial charge on any atom is -0.480 e. The molecule has 1 saturated heterocycles. The molecule has 1 aliphatic heterocycles. The van der Waals surface area contributed by atoms with Crippen molar-refractivity contribution in [3.05, 3.63) is 71.8 Å². The third-order valence-corrected chi connectivity index (χ3v) is 9.24. The maximum atomic E-state index is 13.8. The lowest BCUT2D eigenvalue weighted by atomic mass is 9.87. The molecule has 2 aromatic carbocycles. The highest BCUT2D eigenvalue weighted by atomic mass is 19.4. The van der Waals surface area contributed by atoms with Crippen LogP contribution < -0.4 is 32.7 Å². The number of amides is 4. The summed E-state index contributed by atoms with van der Waals surface area (Å²) >= 11 is 0.